The molecule has 0 unspecified atom stereocenters. The van der Waals surface area contributed by atoms with Gasteiger partial charge in [0.25, 0.3) is 0 Å². The lowest BCUT2D eigenvalue weighted by molar-refractivity contribution is 0.580. The van der Waals surface area contributed by atoms with Crippen LogP contribution in [0.3, 0.4) is 0 Å². The van der Waals surface area contributed by atoms with Crippen molar-refractivity contribution in [2.75, 3.05) is 5.73 Å². The van der Waals surface area contributed by atoms with Gasteiger partial charge in [0, 0.05) is 11.0 Å². The van der Waals surface area contributed by atoms with Gasteiger partial charge in [-0.1, -0.05) is 39.7 Å². The predicted octanol–water partition coefficient (Wildman–Crippen LogP) is 3.47. The molecule has 21 heavy (non-hydrogen) atoms. The lowest BCUT2D eigenvalue weighted by atomic mass is 10.2. The summed E-state index contributed by atoms with van der Waals surface area (Å²) in [5.41, 5.74) is 7.33. The largest absolute Gasteiger partial charge is 0.397 e. The van der Waals surface area contributed by atoms with Crippen molar-refractivity contribution in [3.8, 4) is 0 Å². The molecule has 0 aliphatic rings. The Morgan fingerprint density at radius 1 is 1.29 bits per heavy atom. The number of nitrogens with one attached hydrogen (secondary N) is 1. The zero-order chi connectivity index (χ0) is 15.6. The van der Waals surface area contributed by atoms with E-state index < -0.39 is 10.0 Å². The van der Waals surface area contributed by atoms with Crippen molar-refractivity contribution < 1.29 is 8.42 Å². The standard InChI is InChI=1S/C14H14BrClN2O2S/c1-9-5-12(16)13(17)7-14(9)21(19,20)18-8-10-3-2-4-11(15)6-10/h2-7,18H,8,17H2,1H3. The van der Waals surface area contributed by atoms with Crippen LogP contribution in [0.5, 0.6) is 0 Å². The van der Waals surface area contributed by atoms with E-state index in [0.717, 1.165) is 10.0 Å². The predicted molar refractivity (Wildman–Crippen MR) is 88.8 cm³/mol. The number of hydrogen-bond donors (Lipinski definition) is 2. The summed E-state index contributed by atoms with van der Waals surface area (Å²) in [6.07, 6.45) is 0. The van der Waals surface area contributed by atoms with Crippen LogP contribution in [-0.4, -0.2) is 8.42 Å². The average Bonchev–Trinajstić information content (AvgIpc) is 2.41. The van der Waals surface area contributed by atoms with Crippen molar-refractivity contribution in [2.24, 2.45) is 0 Å². The van der Waals surface area contributed by atoms with E-state index in [4.69, 9.17) is 17.3 Å². The van der Waals surface area contributed by atoms with E-state index in [9.17, 15) is 8.42 Å². The highest BCUT2D eigenvalue weighted by molar-refractivity contribution is 9.10. The van der Waals surface area contributed by atoms with Crippen LogP contribution in [0, 0.1) is 6.92 Å². The average molecular weight is 390 g/mol. The molecule has 0 bridgehead atoms. The summed E-state index contributed by atoms with van der Waals surface area (Å²) in [6, 6.07) is 10.3. The maximum atomic E-state index is 12.4. The summed E-state index contributed by atoms with van der Waals surface area (Å²) in [6.45, 7) is 1.88. The molecular weight excluding hydrogens is 376 g/mol. The van der Waals surface area contributed by atoms with Crippen molar-refractivity contribution in [3.05, 3.63) is 57.0 Å². The molecular formula is C14H14BrClN2O2S. The first-order valence-corrected chi connectivity index (χ1v) is 8.75. The third-order valence-electron chi connectivity index (χ3n) is 2.94. The monoisotopic (exact) mass is 388 g/mol. The van der Waals surface area contributed by atoms with Gasteiger partial charge in [0.05, 0.1) is 15.6 Å². The fourth-order valence-electron chi connectivity index (χ4n) is 1.86. The number of hydrogen-bond acceptors (Lipinski definition) is 3. The van der Waals surface area contributed by atoms with E-state index in [1.165, 1.54) is 6.07 Å². The molecule has 0 saturated carbocycles. The first-order valence-electron chi connectivity index (χ1n) is 6.09. The molecule has 0 saturated heterocycles. The number of rotatable bonds is 4. The molecule has 2 aromatic rings. The van der Waals surface area contributed by atoms with Gasteiger partial charge in [0.15, 0.2) is 0 Å². The lowest BCUT2D eigenvalue weighted by Gasteiger charge is -2.11. The summed E-state index contributed by atoms with van der Waals surface area (Å²) < 4.78 is 28.2. The number of benzene rings is 2. The molecule has 0 fully saturated rings. The first-order chi connectivity index (χ1) is 9.79. The zero-order valence-corrected chi connectivity index (χ0v) is 14.4. The molecule has 0 radical (unpaired) electrons. The van der Waals surface area contributed by atoms with Gasteiger partial charge < -0.3 is 5.73 Å². The van der Waals surface area contributed by atoms with E-state index >= 15 is 0 Å². The Hall–Kier alpha value is -1.08. The Balaban J connectivity index is 2.25. The molecule has 0 atom stereocenters. The number of sulfonamides is 1. The minimum atomic E-state index is -3.65. The van der Waals surface area contributed by atoms with Crippen LogP contribution in [0.15, 0.2) is 45.8 Å². The number of aryl methyl sites for hydroxylation is 1. The third-order valence-corrected chi connectivity index (χ3v) is 5.30. The topological polar surface area (TPSA) is 72.2 Å². The second kappa shape index (κ2) is 6.36. The van der Waals surface area contributed by atoms with Crippen LogP contribution in [0.25, 0.3) is 0 Å². The van der Waals surface area contributed by atoms with Crippen molar-refractivity contribution in [2.45, 2.75) is 18.4 Å². The molecule has 0 heterocycles. The van der Waals surface area contributed by atoms with Crippen LogP contribution < -0.4 is 10.5 Å². The molecule has 2 rings (SSSR count). The fraction of sp³-hybridized carbons (Fsp3) is 0.143. The Morgan fingerprint density at radius 3 is 2.67 bits per heavy atom. The van der Waals surface area contributed by atoms with Gasteiger partial charge in [-0.3, -0.25) is 0 Å². The van der Waals surface area contributed by atoms with E-state index in [1.807, 2.05) is 24.3 Å². The molecule has 4 nitrogen and oxygen atoms in total. The highest BCUT2D eigenvalue weighted by atomic mass is 79.9. The second-order valence-corrected chi connectivity index (χ2v) is 7.65. The van der Waals surface area contributed by atoms with Crippen molar-refractivity contribution >= 4 is 43.2 Å². The van der Waals surface area contributed by atoms with E-state index in [-0.39, 0.29) is 17.1 Å². The Kier molecular flexibility index (Phi) is 4.93. The molecule has 3 N–H and O–H groups in total. The fourth-order valence-corrected chi connectivity index (χ4v) is 3.80. The number of halogens is 2. The Bertz CT molecular complexity index is 779. The highest BCUT2D eigenvalue weighted by Gasteiger charge is 2.18. The first kappa shape index (κ1) is 16.3. The van der Waals surface area contributed by atoms with Gasteiger partial charge in [-0.2, -0.15) is 0 Å². The van der Waals surface area contributed by atoms with E-state index in [1.54, 1.807) is 13.0 Å². The molecule has 2 aromatic carbocycles. The third kappa shape index (κ3) is 3.97. The minimum absolute atomic E-state index is 0.138. The lowest BCUT2D eigenvalue weighted by Crippen LogP contribution is -2.24. The number of nitrogen functional groups attached to an aromatic ring is 1. The maximum absolute atomic E-state index is 12.4. The summed E-state index contributed by atoms with van der Waals surface area (Å²) in [4.78, 5) is 0.138. The van der Waals surface area contributed by atoms with Crippen LogP contribution in [0.4, 0.5) is 5.69 Å². The Labute approximate surface area is 137 Å². The number of anilines is 1. The number of nitrogens with two attached hydrogens (primary N) is 1. The second-order valence-electron chi connectivity index (χ2n) is 4.59. The minimum Gasteiger partial charge on any atom is -0.397 e. The molecule has 0 aliphatic heterocycles. The van der Waals surface area contributed by atoms with Gasteiger partial charge >= 0.3 is 0 Å². The molecule has 0 amide bonds. The normalized spacial score (nSPS) is 11.6. The van der Waals surface area contributed by atoms with Crippen LogP contribution >= 0.6 is 27.5 Å². The zero-order valence-electron chi connectivity index (χ0n) is 11.2. The molecule has 0 aliphatic carbocycles. The SMILES string of the molecule is Cc1cc(Cl)c(N)cc1S(=O)(=O)NCc1cccc(Br)c1. The van der Waals surface area contributed by atoms with Gasteiger partial charge in [0.2, 0.25) is 10.0 Å². The van der Waals surface area contributed by atoms with Crippen LogP contribution in [0.2, 0.25) is 5.02 Å². The van der Waals surface area contributed by atoms with Gasteiger partial charge in [-0.05, 0) is 42.3 Å². The van der Waals surface area contributed by atoms with Crippen molar-refractivity contribution in [1.82, 2.24) is 4.72 Å². The summed E-state index contributed by atoms with van der Waals surface area (Å²) in [5.74, 6) is 0. The molecule has 0 spiro atoms. The highest BCUT2D eigenvalue weighted by Crippen LogP contribution is 2.26. The summed E-state index contributed by atoms with van der Waals surface area (Å²) in [5, 5.41) is 0.346. The van der Waals surface area contributed by atoms with Crippen molar-refractivity contribution in [1.29, 1.82) is 0 Å². The molecule has 0 aromatic heterocycles. The van der Waals surface area contributed by atoms with Gasteiger partial charge in [0.1, 0.15) is 0 Å². The van der Waals surface area contributed by atoms with Gasteiger partial charge in [-0.15, -0.1) is 0 Å². The van der Waals surface area contributed by atoms with Crippen LogP contribution in [0.1, 0.15) is 11.1 Å². The van der Waals surface area contributed by atoms with Crippen molar-refractivity contribution in [3.63, 3.8) is 0 Å². The van der Waals surface area contributed by atoms with Crippen LogP contribution in [-0.2, 0) is 16.6 Å². The summed E-state index contributed by atoms with van der Waals surface area (Å²) in [7, 11) is -3.65. The van der Waals surface area contributed by atoms with E-state index in [2.05, 4.69) is 20.7 Å². The summed E-state index contributed by atoms with van der Waals surface area (Å²) >= 11 is 9.23. The Morgan fingerprint density at radius 2 is 2.00 bits per heavy atom. The quantitative estimate of drug-likeness (QED) is 0.786. The van der Waals surface area contributed by atoms with Gasteiger partial charge in [-0.25, -0.2) is 13.1 Å². The van der Waals surface area contributed by atoms with E-state index in [0.29, 0.717) is 10.6 Å². The maximum Gasteiger partial charge on any atom is 0.241 e. The molecule has 7 heteroatoms. The molecule has 112 valence electrons. The smallest absolute Gasteiger partial charge is 0.241 e.